The normalized spacial score (nSPS) is 10.2. The van der Waals surface area contributed by atoms with Crippen molar-refractivity contribution in [1.82, 2.24) is 10.3 Å². The van der Waals surface area contributed by atoms with E-state index in [2.05, 4.69) is 15.6 Å². The molecule has 0 saturated heterocycles. The fourth-order valence-electron chi connectivity index (χ4n) is 2.29. The van der Waals surface area contributed by atoms with E-state index in [1.807, 2.05) is 0 Å². The first-order valence-corrected chi connectivity index (χ1v) is 9.59. The van der Waals surface area contributed by atoms with Crippen LogP contribution >= 0.6 is 22.9 Å². The van der Waals surface area contributed by atoms with Gasteiger partial charge in [-0.05, 0) is 31.5 Å². The summed E-state index contributed by atoms with van der Waals surface area (Å²) in [6.07, 6.45) is 1.33. The minimum atomic E-state index is -0.761. The maximum absolute atomic E-state index is 12.3. The summed E-state index contributed by atoms with van der Waals surface area (Å²) in [5.41, 5.74) is 0.599. The summed E-state index contributed by atoms with van der Waals surface area (Å²) >= 11 is 6.64. The molecule has 2 rings (SSSR count). The maximum atomic E-state index is 12.3. The van der Waals surface area contributed by atoms with E-state index in [4.69, 9.17) is 21.1 Å². The van der Waals surface area contributed by atoms with Crippen LogP contribution in [0.3, 0.4) is 0 Å². The van der Waals surface area contributed by atoms with Crippen molar-refractivity contribution >= 4 is 51.7 Å². The number of anilines is 1. The summed E-state index contributed by atoms with van der Waals surface area (Å²) in [5.74, 6) is -2.52. The van der Waals surface area contributed by atoms with Gasteiger partial charge in [-0.2, -0.15) is 0 Å². The number of carbonyl (C=O) groups is 4. The highest BCUT2D eigenvalue weighted by atomic mass is 35.5. The molecule has 0 aromatic carbocycles. The van der Waals surface area contributed by atoms with E-state index >= 15 is 0 Å². The Kier molecular flexibility index (Phi) is 7.68. The molecule has 9 nitrogen and oxygen atoms in total. The second-order valence-corrected chi connectivity index (χ2v) is 6.96. The maximum Gasteiger partial charge on any atom is 0.341 e. The molecule has 0 fully saturated rings. The number of rotatable bonds is 7. The quantitative estimate of drug-likeness (QED) is 0.501. The van der Waals surface area contributed by atoms with Crippen molar-refractivity contribution in [3.05, 3.63) is 45.1 Å². The summed E-state index contributed by atoms with van der Waals surface area (Å²) in [7, 11) is 1.45. The van der Waals surface area contributed by atoms with E-state index in [-0.39, 0.29) is 32.8 Å². The summed E-state index contributed by atoms with van der Waals surface area (Å²) in [5, 5.41) is 5.20. The first kappa shape index (κ1) is 22.3. The molecule has 154 valence electrons. The number of ether oxygens (including phenoxy) is 2. The number of pyridine rings is 1. The molecule has 2 aromatic heterocycles. The highest BCUT2D eigenvalue weighted by molar-refractivity contribution is 7.18. The van der Waals surface area contributed by atoms with E-state index in [1.54, 1.807) is 13.8 Å². The largest absolute Gasteiger partial charge is 0.462 e. The molecule has 0 bridgehead atoms. The molecule has 0 aliphatic heterocycles. The fourth-order valence-corrected chi connectivity index (χ4v) is 3.62. The van der Waals surface area contributed by atoms with Crippen LogP contribution in [0.25, 0.3) is 0 Å². The second-order valence-electron chi connectivity index (χ2n) is 5.55. The van der Waals surface area contributed by atoms with Crippen LogP contribution < -0.4 is 10.6 Å². The minimum absolute atomic E-state index is 0.0797. The van der Waals surface area contributed by atoms with Crippen molar-refractivity contribution < 1.29 is 28.7 Å². The lowest BCUT2D eigenvalue weighted by atomic mass is 10.1. The Morgan fingerprint density at radius 3 is 2.55 bits per heavy atom. The average molecular weight is 440 g/mol. The Morgan fingerprint density at radius 1 is 1.21 bits per heavy atom. The van der Waals surface area contributed by atoms with Crippen molar-refractivity contribution in [2.24, 2.45) is 0 Å². The Morgan fingerprint density at radius 2 is 1.93 bits per heavy atom. The molecule has 0 spiro atoms. The monoisotopic (exact) mass is 439 g/mol. The van der Waals surface area contributed by atoms with E-state index in [0.29, 0.717) is 5.56 Å². The number of amides is 2. The smallest absolute Gasteiger partial charge is 0.341 e. The predicted octanol–water partition coefficient (Wildman–Crippen LogP) is 2.44. The first-order chi connectivity index (χ1) is 13.8. The van der Waals surface area contributed by atoms with Crippen molar-refractivity contribution in [2.45, 2.75) is 13.8 Å². The minimum Gasteiger partial charge on any atom is -0.462 e. The number of nitrogens with zero attached hydrogens (tertiary/aromatic N) is 1. The van der Waals surface area contributed by atoms with Gasteiger partial charge in [-0.15, -0.1) is 11.3 Å². The zero-order valence-electron chi connectivity index (χ0n) is 15.8. The molecule has 2 aromatic rings. The molecule has 0 unspecified atom stereocenters. The van der Waals surface area contributed by atoms with Gasteiger partial charge in [0, 0.05) is 13.2 Å². The molecule has 0 aliphatic carbocycles. The fraction of sp³-hybridized carbons (Fsp3) is 0.278. The number of hydrogen-bond acceptors (Lipinski definition) is 8. The van der Waals surface area contributed by atoms with Crippen LogP contribution in [0.15, 0.2) is 18.3 Å². The van der Waals surface area contributed by atoms with Crippen molar-refractivity contribution in [3.63, 3.8) is 0 Å². The van der Waals surface area contributed by atoms with Crippen LogP contribution in [0.5, 0.6) is 0 Å². The van der Waals surface area contributed by atoms with Gasteiger partial charge in [-0.25, -0.2) is 14.6 Å². The van der Waals surface area contributed by atoms with Gasteiger partial charge < -0.3 is 20.1 Å². The van der Waals surface area contributed by atoms with E-state index < -0.39 is 30.4 Å². The highest BCUT2D eigenvalue weighted by Crippen LogP contribution is 2.33. The van der Waals surface area contributed by atoms with Crippen LogP contribution in [0.2, 0.25) is 5.15 Å². The number of carbonyl (C=O) groups excluding carboxylic acids is 4. The standard InChI is InChI=1S/C18H18ClN3O6S/c1-4-27-18(26)13-9(2)14(15(24)20-3)29-16(13)22-12(23)8-28-17(25)10-5-6-21-11(19)7-10/h5-7H,4,8H2,1-3H3,(H,20,24)(H,22,23). The summed E-state index contributed by atoms with van der Waals surface area (Å²) in [6, 6.07) is 2.70. The Bertz CT molecular complexity index is 959. The van der Waals surface area contributed by atoms with E-state index in [9.17, 15) is 19.2 Å². The number of halogens is 1. The zero-order valence-corrected chi connectivity index (χ0v) is 17.4. The summed E-state index contributed by atoms with van der Waals surface area (Å²) in [4.78, 5) is 52.5. The van der Waals surface area contributed by atoms with Crippen molar-refractivity contribution in [3.8, 4) is 0 Å². The molecular weight excluding hydrogens is 422 g/mol. The van der Waals surface area contributed by atoms with Crippen LogP contribution in [0.1, 0.15) is 42.9 Å². The molecule has 0 aliphatic rings. The topological polar surface area (TPSA) is 124 Å². The Hall–Kier alpha value is -2.98. The Labute approximate surface area is 175 Å². The van der Waals surface area contributed by atoms with Crippen LogP contribution in [0, 0.1) is 6.92 Å². The molecule has 0 radical (unpaired) electrons. The summed E-state index contributed by atoms with van der Waals surface area (Å²) in [6.45, 7) is 2.74. The third-order valence-electron chi connectivity index (χ3n) is 3.61. The van der Waals surface area contributed by atoms with Gasteiger partial charge in [0.15, 0.2) is 6.61 Å². The molecule has 11 heteroatoms. The predicted molar refractivity (Wildman–Crippen MR) is 107 cm³/mol. The van der Waals surface area contributed by atoms with E-state index in [1.165, 1.54) is 25.4 Å². The van der Waals surface area contributed by atoms with Crippen LogP contribution in [-0.2, 0) is 14.3 Å². The van der Waals surface area contributed by atoms with E-state index in [0.717, 1.165) is 11.3 Å². The molecule has 2 N–H and O–H groups in total. The number of thiophene rings is 1. The lowest BCUT2D eigenvalue weighted by molar-refractivity contribution is -0.119. The number of hydrogen-bond donors (Lipinski definition) is 2. The van der Waals surface area contributed by atoms with Gasteiger partial charge in [-0.3, -0.25) is 9.59 Å². The van der Waals surface area contributed by atoms with Gasteiger partial charge in [0.2, 0.25) is 0 Å². The van der Waals surface area contributed by atoms with Gasteiger partial charge >= 0.3 is 11.9 Å². The third-order valence-corrected chi connectivity index (χ3v) is 5.02. The van der Waals surface area contributed by atoms with Gasteiger partial charge in [-0.1, -0.05) is 11.6 Å². The lowest BCUT2D eigenvalue weighted by Gasteiger charge is -2.08. The van der Waals surface area contributed by atoms with Gasteiger partial charge in [0.05, 0.1) is 22.6 Å². The first-order valence-electron chi connectivity index (χ1n) is 8.39. The molecule has 29 heavy (non-hydrogen) atoms. The molecule has 2 heterocycles. The molecule has 0 saturated carbocycles. The van der Waals surface area contributed by atoms with Crippen molar-refractivity contribution in [2.75, 3.05) is 25.6 Å². The second kappa shape index (κ2) is 9.99. The van der Waals surface area contributed by atoms with Gasteiger partial charge in [0.1, 0.15) is 10.2 Å². The number of nitrogens with one attached hydrogen (secondary N) is 2. The zero-order chi connectivity index (χ0) is 21.6. The lowest BCUT2D eigenvalue weighted by Crippen LogP contribution is -2.21. The molecule has 2 amide bonds. The highest BCUT2D eigenvalue weighted by Gasteiger charge is 2.26. The van der Waals surface area contributed by atoms with Gasteiger partial charge in [0.25, 0.3) is 11.8 Å². The van der Waals surface area contributed by atoms with Crippen LogP contribution in [-0.4, -0.2) is 49.0 Å². The third kappa shape index (κ3) is 5.52. The van der Waals surface area contributed by atoms with Crippen molar-refractivity contribution in [1.29, 1.82) is 0 Å². The average Bonchev–Trinajstić information content (AvgIpc) is 3.01. The van der Waals surface area contributed by atoms with Crippen LogP contribution in [0.4, 0.5) is 5.00 Å². The Balaban J connectivity index is 2.15. The number of aromatic nitrogens is 1. The number of esters is 2. The SMILES string of the molecule is CCOC(=O)c1c(NC(=O)COC(=O)c2ccnc(Cl)c2)sc(C(=O)NC)c1C. The molecular formula is C18H18ClN3O6S. The molecule has 0 atom stereocenters. The summed E-state index contributed by atoms with van der Waals surface area (Å²) < 4.78 is 9.95.